The summed E-state index contributed by atoms with van der Waals surface area (Å²) in [6.45, 7) is 5.38. The third-order valence-electron chi connectivity index (χ3n) is 3.31. The smallest absolute Gasteiger partial charge is 0.246 e. The molecular formula is C18H27N3O5S. The number of sulfonamides is 1. The molecule has 0 aromatic heterocycles. The number of carbonyl (C=O) groups excluding carboxylic acids is 2. The Hall–Kier alpha value is -2.39. The highest BCUT2D eigenvalue weighted by molar-refractivity contribution is 7.89. The van der Waals surface area contributed by atoms with Crippen molar-refractivity contribution in [3.8, 4) is 5.75 Å². The van der Waals surface area contributed by atoms with Gasteiger partial charge in [0.15, 0.2) is 0 Å². The van der Waals surface area contributed by atoms with Crippen molar-refractivity contribution in [2.45, 2.75) is 31.2 Å². The maximum absolute atomic E-state index is 12.4. The van der Waals surface area contributed by atoms with E-state index in [1.165, 1.54) is 45.5 Å². The average Bonchev–Trinajstić information content (AvgIpc) is 2.56. The number of methoxy groups -OCH3 is 1. The van der Waals surface area contributed by atoms with Gasteiger partial charge in [0.1, 0.15) is 10.6 Å². The van der Waals surface area contributed by atoms with Crippen LogP contribution in [0.2, 0.25) is 0 Å². The van der Waals surface area contributed by atoms with Crippen molar-refractivity contribution in [3.63, 3.8) is 0 Å². The fourth-order valence-corrected chi connectivity index (χ4v) is 3.14. The van der Waals surface area contributed by atoms with Crippen LogP contribution in [0.1, 0.15) is 26.3 Å². The maximum Gasteiger partial charge on any atom is 0.246 e. The predicted molar refractivity (Wildman–Crippen MR) is 104 cm³/mol. The van der Waals surface area contributed by atoms with Crippen molar-refractivity contribution >= 4 is 27.9 Å². The second-order valence-corrected chi connectivity index (χ2v) is 9.17. The van der Waals surface area contributed by atoms with E-state index >= 15 is 0 Å². The van der Waals surface area contributed by atoms with E-state index in [4.69, 9.17) is 4.74 Å². The molecule has 1 rings (SSSR count). The van der Waals surface area contributed by atoms with Crippen LogP contribution in [0.25, 0.3) is 6.08 Å². The first kappa shape index (κ1) is 22.7. The lowest BCUT2D eigenvalue weighted by Crippen LogP contribution is -2.45. The number of carbonyl (C=O) groups is 2. The van der Waals surface area contributed by atoms with Crippen LogP contribution in [0.15, 0.2) is 29.2 Å². The van der Waals surface area contributed by atoms with Crippen molar-refractivity contribution in [1.29, 1.82) is 0 Å². The first-order valence-corrected chi connectivity index (χ1v) is 9.68. The van der Waals surface area contributed by atoms with Crippen molar-refractivity contribution in [1.82, 2.24) is 14.9 Å². The van der Waals surface area contributed by atoms with Crippen LogP contribution in [0.5, 0.6) is 5.75 Å². The molecule has 0 unspecified atom stereocenters. The monoisotopic (exact) mass is 397 g/mol. The summed E-state index contributed by atoms with van der Waals surface area (Å²) in [6, 6.07) is 4.57. The molecule has 0 aliphatic rings. The first-order valence-electron chi connectivity index (χ1n) is 8.24. The molecule has 1 aromatic rings. The molecule has 0 bridgehead atoms. The average molecular weight is 397 g/mol. The minimum atomic E-state index is -3.70. The number of hydrogen-bond donors (Lipinski definition) is 2. The van der Waals surface area contributed by atoms with Gasteiger partial charge in [-0.1, -0.05) is 6.07 Å². The van der Waals surface area contributed by atoms with E-state index in [0.29, 0.717) is 5.56 Å². The van der Waals surface area contributed by atoms with Crippen LogP contribution in [0, 0.1) is 0 Å². The van der Waals surface area contributed by atoms with Crippen LogP contribution in [0.4, 0.5) is 0 Å². The second kappa shape index (κ2) is 9.01. The standard InChI is InChI=1S/C18H27N3O5S/c1-18(2,3)20-17(23)12-19-16(22)10-8-13-7-9-14(26-6)15(11-13)27(24,25)21(4)5/h7-11H,12H2,1-6H3,(H,19,22)(H,20,23)/b10-8+. The molecule has 0 fully saturated rings. The zero-order valence-corrected chi connectivity index (χ0v) is 17.3. The van der Waals surface area contributed by atoms with E-state index in [-0.39, 0.29) is 28.6 Å². The summed E-state index contributed by atoms with van der Waals surface area (Å²) in [5, 5.41) is 5.20. The highest BCUT2D eigenvalue weighted by atomic mass is 32.2. The number of hydrogen-bond acceptors (Lipinski definition) is 5. The number of ether oxygens (including phenoxy) is 1. The summed E-state index contributed by atoms with van der Waals surface area (Å²) in [5.74, 6) is -0.552. The normalized spacial score (nSPS) is 12.3. The summed E-state index contributed by atoms with van der Waals surface area (Å²) in [5.41, 5.74) is 0.125. The SMILES string of the molecule is COc1ccc(/C=C/C(=O)NCC(=O)NC(C)(C)C)cc1S(=O)(=O)N(C)C. The lowest BCUT2D eigenvalue weighted by atomic mass is 10.1. The molecule has 0 atom stereocenters. The Bertz CT molecular complexity index is 824. The number of rotatable bonds is 7. The van der Waals surface area contributed by atoms with Crippen LogP contribution in [0.3, 0.4) is 0 Å². The third-order valence-corrected chi connectivity index (χ3v) is 5.15. The molecule has 0 saturated heterocycles. The minimum absolute atomic E-state index is 0.00196. The second-order valence-electron chi connectivity index (χ2n) is 7.05. The van der Waals surface area contributed by atoms with Crippen molar-refractivity contribution in [2.75, 3.05) is 27.7 Å². The summed E-state index contributed by atoms with van der Waals surface area (Å²) < 4.78 is 31.0. The lowest BCUT2D eigenvalue weighted by molar-refractivity contribution is -0.124. The van der Waals surface area contributed by atoms with Gasteiger partial charge in [0.25, 0.3) is 0 Å². The van der Waals surface area contributed by atoms with Gasteiger partial charge in [-0.25, -0.2) is 12.7 Å². The molecule has 0 radical (unpaired) electrons. The molecule has 0 aliphatic carbocycles. The Labute approximate surface area is 160 Å². The van der Waals surface area contributed by atoms with Gasteiger partial charge in [0.05, 0.1) is 13.7 Å². The van der Waals surface area contributed by atoms with Gasteiger partial charge in [0.2, 0.25) is 21.8 Å². The summed E-state index contributed by atoms with van der Waals surface area (Å²) >= 11 is 0. The van der Waals surface area contributed by atoms with Crippen LogP contribution < -0.4 is 15.4 Å². The van der Waals surface area contributed by atoms with Gasteiger partial charge in [0, 0.05) is 25.7 Å². The molecule has 1 aromatic carbocycles. The van der Waals surface area contributed by atoms with Gasteiger partial charge in [-0.2, -0.15) is 0 Å². The number of nitrogens with zero attached hydrogens (tertiary/aromatic N) is 1. The van der Waals surface area contributed by atoms with Crippen LogP contribution >= 0.6 is 0 Å². The zero-order valence-electron chi connectivity index (χ0n) is 16.5. The molecule has 2 N–H and O–H groups in total. The molecule has 0 aliphatic heterocycles. The molecule has 0 heterocycles. The number of benzene rings is 1. The Morgan fingerprint density at radius 3 is 2.37 bits per heavy atom. The molecule has 9 heteroatoms. The topological polar surface area (TPSA) is 105 Å². The third kappa shape index (κ3) is 7.03. The molecule has 2 amide bonds. The fourth-order valence-electron chi connectivity index (χ4n) is 2.06. The molecule has 0 spiro atoms. The van der Waals surface area contributed by atoms with Gasteiger partial charge >= 0.3 is 0 Å². The van der Waals surface area contributed by atoms with Crippen LogP contribution in [-0.2, 0) is 19.6 Å². The predicted octanol–water partition coefficient (Wildman–Crippen LogP) is 0.990. The van der Waals surface area contributed by atoms with Gasteiger partial charge in [-0.05, 0) is 44.5 Å². The van der Waals surface area contributed by atoms with Crippen molar-refractivity contribution in [3.05, 3.63) is 29.8 Å². The van der Waals surface area contributed by atoms with E-state index in [1.807, 2.05) is 20.8 Å². The first-order chi connectivity index (χ1) is 12.4. The largest absolute Gasteiger partial charge is 0.495 e. The lowest BCUT2D eigenvalue weighted by Gasteiger charge is -2.20. The zero-order chi connectivity index (χ0) is 20.8. The Kier molecular flexibility index (Phi) is 7.55. The Morgan fingerprint density at radius 1 is 1.22 bits per heavy atom. The molecule has 150 valence electrons. The van der Waals surface area contributed by atoms with E-state index in [0.717, 1.165) is 4.31 Å². The van der Waals surface area contributed by atoms with Crippen molar-refractivity contribution < 1.29 is 22.7 Å². The van der Waals surface area contributed by atoms with Crippen molar-refractivity contribution in [2.24, 2.45) is 0 Å². The Morgan fingerprint density at radius 2 is 1.85 bits per heavy atom. The fraction of sp³-hybridized carbons (Fsp3) is 0.444. The summed E-state index contributed by atoms with van der Waals surface area (Å²) in [6.07, 6.45) is 2.70. The molecule has 8 nitrogen and oxygen atoms in total. The van der Waals surface area contributed by atoms with E-state index in [9.17, 15) is 18.0 Å². The minimum Gasteiger partial charge on any atom is -0.495 e. The highest BCUT2D eigenvalue weighted by Gasteiger charge is 2.22. The summed E-state index contributed by atoms with van der Waals surface area (Å²) in [4.78, 5) is 23.6. The maximum atomic E-state index is 12.4. The van der Waals surface area contributed by atoms with E-state index < -0.39 is 15.9 Å². The summed E-state index contributed by atoms with van der Waals surface area (Å²) in [7, 11) is 0.534. The molecular weight excluding hydrogens is 370 g/mol. The quantitative estimate of drug-likeness (QED) is 0.668. The Balaban J connectivity index is 2.87. The van der Waals surface area contributed by atoms with Crippen LogP contribution in [-0.4, -0.2) is 57.8 Å². The van der Waals surface area contributed by atoms with Gasteiger partial charge in [-0.15, -0.1) is 0 Å². The van der Waals surface area contributed by atoms with E-state index in [1.54, 1.807) is 6.07 Å². The molecule has 27 heavy (non-hydrogen) atoms. The van der Waals surface area contributed by atoms with Gasteiger partial charge < -0.3 is 15.4 Å². The van der Waals surface area contributed by atoms with Gasteiger partial charge in [-0.3, -0.25) is 9.59 Å². The highest BCUT2D eigenvalue weighted by Crippen LogP contribution is 2.27. The number of nitrogens with one attached hydrogen (secondary N) is 2. The molecule has 0 saturated carbocycles. The van der Waals surface area contributed by atoms with E-state index in [2.05, 4.69) is 10.6 Å². The number of amides is 2.